The van der Waals surface area contributed by atoms with Gasteiger partial charge in [-0.3, -0.25) is 9.69 Å². The van der Waals surface area contributed by atoms with Crippen molar-refractivity contribution in [1.29, 1.82) is 5.26 Å². The summed E-state index contributed by atoms with van der Waals surface area (Å²) in [6.07, 6.45) is 4.94. The van der Waals surface area contributed by atoms with Crippen molar-refractivity contribution < 1.29 is 9.53 Å². The van der Waals surface area contributed by atoms with Crippen molar-refractivity contribution in [3.8, 4) is 6.07 Å². The predicted octanol–water partition coefficient (Wildman–Crippen LogP) is 1.00. The Morgan fingerprint density at radius 1 is 1.53 bits per heavy atom. The molecule has 0 spiro atoms. The minimum atomic E-state index is 0.135. The van der Waals surface area contributed by atoms with Gasteiger partial charge >= 0.3 is 0 Å². The fourth-order valence-electron chi connectivity index (χ4n) is 3.06. The summed E-state index contributed by atoms with van der Waals surface area (Å²) >= 11 is 0. The third-order valence-electron chi connectivity index (χ3n) is 4.19. The lowest BCUT2D eigenvalue weighted by atomic mass is 10.1. The van der Waals surface area contributed by atoms with E-state index in [1.54, 1.807) is 11.9 Å². The van der Waals surface area contributed by atoms with E-state index in [2.05, 4.69) is 11.0 Å². The number of carbonyl (C=O) groups excluding carboxylic acids is 1. The Kier molecular flexibility index (Phi) is 5.17. The van der Waals surface area contributed by atoms with Crippen LogP contribution >= 0.6 is 0 Å². The molecule has 5 heteroatoms. The van der Waals surface area contributed by atoms with Crippen LogP contribution in [0.5, 0.6) is 0 Å². The van der Waals surface area contributed by atoms with Crippen molar-refractivity contribution in [1.82, 2.24) is 9.80 Å². The molecule has 1 amide bonds. The van der Waals surface area contributed by atoms with Gasteiger partial charge in [-0.05, 0) is 19.3 Å². The Morgan fingerprint density at radius 2 is 2.37 bits per heavy atom. The van der Waals surface area contributed by atoms with Crippen LogP contribution in [-0.2, 0) is 9.53 Å². The Morgan fingerprint density at radius 3 is 3.16 bits per heavy atom. The molecule has 2 aliphatic rings. The molecule has 1 aliphatic carbocycles. The van der Waals surface area contributed by atoms with Gasteiger partial charge in [0.25, 0.3) is 0 Å². The number of amides is 1. The fraction of sp³-hybridized carbons (Fsp3) is 0.857. The maximum atomic E-state index is 11.9. The van der Waals surface area contributed by atoms with Crippen molar-refractivity contribution in [2.45, 2.75) is 44.2 Å². The molecule has 0 bridgehead atoms. The molecule has 2 unspecified atom stereocenters. The number of nitriles is 1. The van der Waals surface area contributed by atoms with Crippen LogP contribution in [0.15, 0.2) is 0 Å². The zero-order chi connectivity index (χ0) is 13.7. The molecule has 1 heterocycles. The highest BCUT2D eigenvalue weighted by molar-refractivity contribution is 5.76. The van der Waals surface area contributed by atoms with Gasteiger partial charge in [0.2, 0.25) is 5.91 Å². The molecule has 0 radical (unpaired) electrons. The van der Waals surface area contributed by atoms with Crippen molar-refractivity contribution >= 4 is 5.91 Å². The van der Waals surface area contributed by atoms with E-state index in [0.29, 0.717) is 31.5 Å². The average molecular weight is 265 g/mol. The van der Waals surface area contributed by atoms with Crippen LogP contribution in [-0.4, -0.2) is 61.1 Å². The van der Waals surface area contributed by atoms with Crippen LogP contribution in [0.1, 0.15) is 32.1 Å². The molecule has 106 valence electrons. The van der Waals surface area contributed by atoms with Crippen LogP contribution in [0.2, 0.25) is 0 Å². The highest BCUT2D eigenvalue weighted by Crippen LogP contribution is 2.29. The topological polar surface area (TPSA) is 56.6 Å². The number of ether oxygens (including phenoxy) is 1. The highest BCUT2D eigenvalue weighted by atomic mass is 16.5. The van der Waals surface area contributed by atoms with E-state index in [-0.39, 0.29) is 5.91 Å². The smallest absolute Gasteiger partial charge is 0.223 e. The van der Waals surface area contributed by atoms with Crippen LogP contribution in [0, 0.1) is 11.3 Å². The number of hydrogen-bond donors (Lipinski definition) is 0. The second-order valence-electron chi connectivity index (χ2n) is 5.42. The van der Waals surface area contributed by atoms with Gasteiger partial charge in [0.1, 0.15) is 0 Å². The van der Waals surface area contributed by atoms with E-state index in [1.807, 2.05) is 0 Å². The molecule has 1 aliphatic heterocycles. The summed E-state index contributed by atoms with van der Waals surface area (Å²) in [6.45, 7) is 3.08. The first kappa shape index (κ1) is 14.3. The molecule has 1 saturated carbocycles. The van der Waals surface area contributed by atoms with Gasteiger partial charge in [-0.15, -0.1) is 0 Å². The van der Waals surface area contributed by atoms with Crippen LogP contribution < -0.4 is 0 Å². The van der Waals surface area contributed by atoms with E-state index in [9.17, 15) is 4.79 Å². The number of fused-ring (bicyclic) bond motifs is 1. The molecule has 0 aromatic heterocycles. The molecule has 19 heavy (non-hydrogen) atoms. The molecule has 5 nitrogen and oxygen atoms in total. The lowest BCUT2D eigenvalue weighted by molar-refractivity contribution is -0.131. The summed E-state index contributed by atoms with van der Waals surface area (Å²) in [7, 11) is 1.78. The SMILES string of the molecule is CN(CCC#N)C(=O)CCN1CCOC2CCCC21. The molecule has 0 aromatic rings. The van der Waals surface area contributed by atoms with Crippen molar-refractivity contribution in [3.05, 3.63) is 0 Å². The molecule has 2 fully saturated rings. The number of hydrogen-bond acceptors (Lipinski definition) is 4. The van der Waals surface area contributed by atoms with Crippen molar-refractivity contribution in [3.63, 3.8) is 0 Å². The Hall–Kier alpha value is -1.12. The monoisotopic (exact) mass is 265 g/mol. The lowest BCUT2D eigenvalue weighted by Crippen LogP contribution is -2.49. The van der Waals surface area contributed by atoms with Gasteiger partial charge in [-0.2, -0.15) is 5.26 Å². The molecular weight excluding hydrogens is 242 g/mol. The summed E-state index contributed by atoms with van der Waals surface area (Å²) in [4.78, 5) is 16.0. The largest absolute Gasteiger partial charge is 0.375 e. The number of morpholine rings is 1. The average Bonchev–Trinajstić information content (AvgIpc) is 2.90. The van der Waals surface area contributed by atoms with Gasteiger partial charge < -0.3 is 9.64 Å². The third-order valence-corrected chi connectivity index (χ3v) is 4.19. The highest BCUT2D eigenvalue weighted by Gasteiger charge is 2.35. The van der Waals surface area contributed by atoms with Gasteiger partial charge in [0.05, 0.1) is 25.2 Å². The molecule has 2 rings (SSSR count). The van der Waals surface area contributed by atoms with Gasteiger partial charge in [0.15, 0.2) is 0 Å². The first-order chi connectivity index (χ1) is 9.22. The van der Waals surface area contributed by atoms with Crippen LogP contribution in [0.3, 0.4) is 0 Å². The first-order valence-electron chi connectivity index (χ1n) is 7.19. The van der Waals surface area contributed by atoms with E-state index in [4.69, 9.17) is 10.00 Å². The van der Waals surface area contributed by atoms with Gasteiger partial charge in [-0.1, -0.05) is 0 Å². The zero-order valence-corrected chi connectivity index (χ0v) is 11.7. The number of carbonyl (C=O) groups is 1. The summed E-state index contributed by atoms with van der Waals surface area (Å²) in [6, 6.07) is 2.59. The summed E-state index contributed by atoms with van der Waals surface area (Å²) in [5.41, 5.74) is 0. The van der Waals surface area contributed by atoms with E-state index >= 15 is 0 Å². The molecule has 0 aromatic carbocycles. The Bertz CT molecular complexity index is 353. The van der Waals surface area contributed by atoms with E-state index in [1.165, 1.54) is 12.8 Å². The second kappa shape index (κ2) is 6.88. The van der Waals surface area contributed by atoms with Crippen molar-refractivity contribution in [2.75, 3.05) is 33.3 Å². The normalized spacial score (nSPS) is 26.7. The minimum absolute atomic E-state index is 0.135. The van der Waals surface area contributed by atoms with E-state index < -0.39 is 0 Å². The van der Waals surface area contributed by atoms with E-state index in [0.717, 1.165) is 26.1 Å². The molecule has 1 saturated heterocycles. The lowest BCUT2D eigenvalue weighted by Gasteiger charge is -2.37. The maximum Gasteiger partial charge on any atom is 0.223 e. The predicted molar refractivity (Wildman–Crippen MR) is 71.4 cm³/mol. The molecule has 0 N–H and O–H groups in total. The molecule has 2 atom stereocenters. The standard InChI is InChI=1S/C14H23N3O2/c1-16(8-3-7-15)14(18)6-9-17-10-11-19-13-5-2-4-12(13)17/h12-13H,2-6,8-11H2,1H3. The van der Waals surface area contributed by atoms with Crippen LogP contribution in [0.4, 0.5) is 0 Å². The van der Waals surface area contributed by atoms with Gasteiger partial charge in [-0.25, -0.2) is 0 Å². The second-order valence-corrected chi connectivity index (χ2v) is 5.42. The van der Waals surface area contributed by atoms with Gasteiger partial charge in [0, 0.05) is 39.1 Å². The molecular formula is C14H23N3O2. The quantitative estimate of drug-likeness (QED) is 0.744. The number of rotatable bonds is 5. The summed E-state index contributed by atoms with van der Waals surface area (Å²) < 4.78 is 5.77. The third kappa shape index (κ3) is 3.68. The first-order valence-corrected chi connectivity index (χ1v) is 7.19. The zero-order valence-electron chi connectivity index (χ0n) is 11.7. The summed E-state index contributed by atoms with van der Waals surface area (Å²) in [5.74, 6) is 0.135. The van der Waals surface area contributed by atoms with Crippen molar-refractivity contribution in [2.24, 2.45) is 0 Å². The maximum absolute atomic E-state index is 11.9. The fourth-order valence-corrected chi connectivity index (χ4v) is 3.06. The van der Waals surface area contributed by atoms with Crippen LogP contribution in [0.25, 0.3) is 0 Å². The Balaban J connectivity index is 1.75. The summed E-state index contributed by atoms with van der Waals surface area (Å²) in [5, 5.41) is 8.52. The Labute approximate surface area is 115 Å². The minimum Gasteiger partial charge on any atom is -0.375 e. The number of nitrogens with zero attached hydrogens (tertiary/aromatic N) is 3.